The molecule has 0 atom stereocenters. The number of hydrogen-bond acceptors (Lipinski definition) is 5. The lowest BCUT2D eigenvalue weighted by Crippen LogP contribution is -2.06. The molecule has 0 amide bonds. The summed E-state index contributed by atoms with van der Waals surface area (Å²) in [5, 5.41) is 0. The minimum atomic E-state index is -3.24. The number of Topliss-reactive ketones (excluding diaryl/α,β-unsaturated/α-hetero) is 1. The van der Waals surface area contributed by atoms with E-state index in [9.17, 15) is 18.0 Å². The fourth-order valence-corrected chi connectivity index (χ4v) is 2.54. The number of sulfone groups is 1. The maximum absolute atomic E-state index is 11.8. The van der Waals surface area contributed by atoms with Crippen molar-refractivity contribution in [2.45, 2.75) is 31.1 Å². The molecule has 1 aromatic rings. The fraction of sp³-hybridized carbons (Fsp3) is 0.429. The number of ether oxygens (including phenoxy) is 1. The van der Waals surface area contributed by atoms with Crippen LogP contribution in [0.1, 0.15) is 36.5 Å². The Labute approximate surface area is 118 Å². The molecule has 5 nitrogen and oxygen atoms in total. The maximum Gasteiger partial charge on any atom is 0.305 e. The topological polar surface area (TPSA) is 77.5 Å². The van der Waals surface area contributed by atoms with Gasteiger partial charge in [-0.15, -0.1) is 0 Å². The highest BCUT2D eigenvalue weighted by Crippen LogP contribution is 2.14. The molecule has 0 heterocycles. The number of hydrogen-bond donors (Lipinski definition) is 0. The number of ketones is 1. The average molecular weight is 298 g/mol. The lowest BCUT2D eigenvalue weighted by atomic mass is 10.1. The van der Waals surface area contributed by atoms with E-state index in [0.717, 1.165) is 0 Å². The molecule has 0 saturated heterocycles. The standard InChI is InChI=1S/C14H18O5S/c1-3-20(17,18)12-9-7-11(8-10-12)13(15)5-4-6-14(16)19-2/h7-10H,3-6H2,1-2H3. The van der Waals surface area contributed by atoms with E-state index in [-0.39, 0.29) is 35.2 Å². The molecule has 20 heavy (non-hydrogen) atoms. The minimum absolute atomic E-state index is 0.0272. The lowest BCUT2D eigenvalue weighted by molar-refractivity contribution is -0.140. The van der Waals surface area contributed by atoms with Crippen LogP contribution in [0.3, 0.4) is 0 Å². The normalized spacial score (nSPS) is 11.1. The van der Waals surface area contributed by atoms with E-state index in [1.807, 2.05) is 0 Å². The van der Waals surface area contributed by atoms with Gasteiger partial charge in [-0.05, 0) is 18.6 Å². The predicted octanol–water partition coefficient (Wildman–Crippen LogP) is 2.01. The molecule has 0 bridgehead atoms. The highest BCUT2D eigenvalue weighted by molar-refractivity contribution is 7.91. The fourth-order valence-electron chi connectivity index (χ4n) is 1.65. The van der Waals surface area contributed by atoms with Crippen molar-refractivity contribution in [3.8, 4) is 0 Å². The smallest absolute Gasteiger partial charge is 0.305 e. The molecule has 110 valence electrons. The number of benzene rings is 1. The van der Waals surface area contributed by atoms with Crippen molar-refractivity contribution in [3.63, 3.8) is 0 Å². The summed E-state index contributed by atoms with van der Waals surface area (Å²) < 4.78 is 27.7. The molecule has 0 aliphatic rings. The van der Waals surface area contributed by atoms with Crippen LogP contribution in [0.15, 0.2) is 29.2 Å². The van der Waals surface area contributed by atoms with E-state index >= 15 is 0 Å². The molecular weight excluding hydrogens is 280 g/mol. The zero-order chi connectivity index (χ0) is 15.2. The van der Waals surface area contributed by atoms with Crippen molar-refractivity contribution >= 4 is 21.6 Å². The van der Waals surface area contributed by atoms with Crippen molar-refractivity contribution < 1.29 is 22.7 Å². The number of carbonyl (C=O) groups excluding carboxylic acids is 2. The molecule has 0 aliphatic carbocycles. The number of rotatable bonds is 7. The molecule has 0 fully saturated rings. The van der Waals surface area contributed by atoms with E-state index in [2.05, 4.69) is 4.74 Å². The second kappa shape index (κ2) is 7.19. The van der Waals surface area contributed by atoms with Crippen molar-refractivity contribution in [3.05, 3.63) is 29.8 Å². The minimum Gasteiger partial charge on any atom is -0.469 e. The van der Waals surface area contributed by atoms with E-state index in [0.29, 0.717) is 12.0 Å². The van der Waals surface area contributed by atoms with Crippen LogP contribution in [-0.4, -0.2) is 33.0 Å². The number of methoxy groups -OCH3 is 1. The zero-order valence-corrected chi connectivity index (χ0v) is 12.4. The van der Waals surface area contributed by atoms with E-state index < -0.39 is 9.84 Å². The number of esters is 1. The molecule has 0 aliphatic heterocycles. The molecule has 0 unspecified atom stereocenters. The quantitative estimate of drug-likeness (QED) is 0.568. The van der Waals surface area contributed by atoms with E-state index in [1.54, 1.807) is 6.92 Å². The van der Waals surface area contributed by atoms with E-state index in [1.165, 1.54) is 31.4 Å². The molecule has 0 N–H and O–H groups in total. The Balaban J connectivity index is 2.65. The first kappa shape index (κ1) is 16.4. The Hall–Kier alpha value is -1.69. The summed E-state index contributed by atoms with van der Waals surface area (Å²) in [4.78, 5) is 23.0. The Morgan fingerprint density at radius 1 is 1.10 bits per heavy atom. The van der Waals surface area contributed by atoms with Gasteiger partial charge in [0.15, 0.2) is 15.6 Å². The van der Waals surface area contributed by atoms with Gasteiger partial charge in [-0.2, -0.15) is 0 Å². The third-order valence-electron chi connectivity index (χ3n) is 2.93. The third kappa shape index (κ3) is 4.45. The van der Waals surface area contributed by atoms with Crippen molar-refractivity contribution in [1.82, 2.24) is 0 Å². The first-order valence-electron chi connectivity index (χ1n) is 6.33. The Morgan fingerprint density at radius 2 is 1.70 bits per heavy atom. The third-order valence-corrected chi connectivity index (χ3v) is 4.68. The van der Waals surface area contributed by atoms with Crippen LogP contribution in [0.2, 0.25) is 0 Å². The first-order chi connectivity index (χ1) is 9.40. The van der Waals surface area contributed by atoms with Gasteiger partial charge in [-0.3, -0.25) is 9.59 Å². The molecule has 0 saturated carbocycles. The molecule has 1 aromatic carbocycles. The maximum atomic E-state index is 11.8. The summed E-state index contributed by atoms with van der Waals surface area (Å²) in [7, 11) is -1.94. The summed E-state index contributed by atoms with van der Waals surface area (Å²) in [6, 6.07) is 5.88. The zero-order valence-electron chi connectivity index (χ0n) is 11.6. The molecule has 1 rings (SSSR count). The van der Waals surface area contributed by atoms with Crippen LogP contribution in [0.5, 0.6) is 0 Å². The van der Waals surface area contributed by atoms with Gasteiger partial charge < -0.3 is 4.74 Å². The summed E-state index contributed by atoms with van der Waals surface area (Å²) in [6.07, 6.45) is 0.847. The van der Waals surface area contributed by atoms with Gasteiger partial charge >= 0.3 is 5.97 Å². The van der Waals surface area contributed by atoms with Gasteiger partial charge in [-0.1, -0.05) is 19.1 Å². The molecule has 6 heteroatoms. The molecule has 0 spiro atoms. The summed E-state index contributed by atoms with van der Waals surface area (Å²) >= 11 is 0. The van der Waals surface area contributed by atoms with Gasteiger partial charge in [0.25, 0.3) is 0 Å². The second-order valence-corrected chi connectivity index (χ2v) is 6.56. The summed E-state index contributed by atoms with van der Waals surface area (Å²) in [5.74, 6) is -0.434. The van der Waals surface area contributed by atoms with Crippen molar-refractivity contribution in [1.29, 1.82) is 0 Å². The van der Waals surface area contributed by atoms with Gasteiger partial charge in [0, 0.05) is 18.4 Å². The molecule has 0 aromatic heterocycles. The van der Waals surface area contributed by atoms with Gasteiger partial charge in [0.1, 0.15) is 0 Å². The van der Waals surface area contributed by atoms with Crippen molar-refractivity contribution in [2.75, 3.05) is 12.9 Å². The van der Waals surface area contributed by atoms with E-state index in [4.69, 9.17) is 0 Å². The van der Waals surface area contributed by atoms with Crippen LogP contribution in [0, 0.1) is 0 Å². The Bertz CT molecular complexity index is 572. The Kier molecular flexibility index (Phi) is 5.88. The van der Waals surface area contributed by atoms with Crippen LogP contribution >= 0.6 is 0 Å². The highest BCUT2D eigenvalue weighted by Gasteiger charge is 2.13. The monoisotopic (exact) mass is 298 g/mol. The SMILES string of the molecule is CCS(=O)(=O)c1ccc(C(=O)CCCC(=O)OC)cc1. The highest BCUT2D eigenvalue weighted by atomic mass is 32.2. The van der Waals surface area contributed by atoms with Crippen LogP contribution in [0.25, 0.3) is 0 Å². The van der Waals surface area contributed by atoms with Crippen LogP contribution in [-0.2, 0) is 19.4 Å². The summed E-state index contributed by atoms with van der Waals surface area (Å²) in [6.45, 7) is 1.57. The largest absolute Gasteiger partial charge is 0.469 e. The molecule has 0 radical (unpaired) electrons. The van der Waals surface area contributed by atoms with Gasteiger partial charge in [-0.25, -0.2) is 8.42 Å². The second-order valence-electron chi connectivity index (χ2n) is 4.28. The first-order valence-corrected chi connectivity index (χ1v) is 7.98. The van der Waals surface area contributed by atoms with Crippen molar-refractivity contribution in [2.24, 2.45) is 0 Å². The summed E-state index contributed by atoms with van der Waals surface area (Å²) in [5.41, 5.74) is 0.449. The lowest BCUT2D eigenvalue weighted by Gasteiger charge is -2.04. The van der Waals surface area contributed by atoms with Crippen LogP contribution in [0.4, 0.5) is 0 Å². The van der Waals surface area contributed by atoms with Crippen LogP contribution < -0.4 is 0 Å². The average Bonchev–Trinajstić information content (AvgIpc) is 2.47. The number of carbonyl (C=O) groups is 2. The van der Waals surface area contributed by atoms with Gasteiger partial charge in [0.2, 0.25) is 0 Å². The Morgan fingerprint density at radius 3 is 2.20 bits per heavy atom. The predicted molar refractivity (Wildman–Crippen MR) is 74.4 cm³/mol. The van der Waals surface area contributed by atoms with Gasteiger partial charge in [0.05, 0.1) is 17.8 Å². The molecular formula is C14H18O5S.